The van der Waals surface area contributed by atoms with Gasteiger partial charge >= 0.3 is 0 Å². The summed E-state index contributed by atoms with van der Waals surface area (Å²) in [7, 11) is 0. The van der Waals surface area contributed by atoms with Crippen molar-refractivity contribution < 1.29 is 9.90 Å². The van der Waals surface area contributed by atoms with Gasteiger partial charge in [0.25, 0.3) is 0 Å². The fraction of sp³-hybridized carbons (Fsp3) is 0.812. The molecule has 0 aromatic heterocycles. The van der Waals surface area contributed by atoms with E-state index in [-0.39, 0.29) is 5.91 Å². The number of aliphatic hydroxyl groups is 1. The highest BCUT2D eigenvalue weighted by molar-refractivity contribution is 5.77. The zero-order valence-electron chi connectivity index (χ0n) is 13.2. The lowest BCUT2D eigenvalue weighted by molar-refractivity contribution is -0.120. The number of amides is 1. The number of hydrogen-bond donors (Lipinski definition) is 2. The summed E-state index contributed by atoms with van der Waals surface area (Å²) in [5, 5.41) is 11.6. The van der Waals surface area contributed by atoms with E-state index in [4.69, 9.17) is 5.11 Å². The van der Waals surface area contributed by atoms with Gasteiger partial charge in [-0.25, -0.2) is 0 Å². The minimum Gasteiger partial charge on any atom is -0.396 e. The Bertz CT molecular complexity index is 255. The summed E-state index contributed by atoms with van der Waals surface area (Å²) in [6.07, 6.45) is 11.2. The normalized spacial score (nSPS) is 11.4. The Morgan fingerprint density at radius 2 is 1.80 bits per heavy atom. The minimum absolute atomic E-state index is 0.0885. The third kappa shape index (κ3) is 12.2. The predicted octanol–water partition coefficient (Wildman–Crippen LogP) is 2.68. The number of carbonyl (C=O) groups excluding carboxylic acids is 1. The third-order valence-corrected chi connectivity index (χ3v) is 3.37. The quantitative estimate of drug-likeness (QED) is 0.310. The maximum Gasteiger partial charge on any atom is 0.224 e. The van der Waals surface area contributed by atoms with Crippen molar-refractivity contribution >= 4 is 5.91 Å². The molecule has 118 valence electrons. The second kappa shape index (κ2) is 14.5. The van der Waals surface area contributed by atoms with Crippen LogP contribution in [0.4, 0.5) is 0 Å². The van der Waals surface area contributed by atoms with E-state index in [0.29, 0.717) is 19.7 Å². The van der Waals surface area contributed by atoms with Gasteiger partial charge in [-0.1, -0.05) is 44.8 Å². The van der Waals surface area contributed by atoms with Gasteiger partial charge in [-0.15, -0.1) is 0 Å². The van der Waals surface area contributed by atoms with Crippen LogP contribution in [0.2, 0.25) is 0 Å². The minimum atomic E-state index is 0.0885. The average Bonchev–Trinajstić information content (AvgIpc) is 2.47. The van der Waals surface area contributed by atoms with Crippen molar-refractivity contribution in [2.75, 3.05) is 26.4 Å². The zero-order valence-corrected chi connectivity index (χ0v) is 13.2. The van der Waals surface area contributed by atoms with E-state index in [1.807, 2.05) is 19.1 Å². The van der Waals surface area contributed by atoms with Crippen molar-refractivity contribution in [3.8, 4) is 0 Å². The number of nitrogens with one attached hydrogen (secondary N) is 1. The summed E-state index contributed by atoms with van der Waals surface area (Å²) in [4.78, 5) is 13.8. The van der Waals surface area contributed by atoms with Crippen molar-refractivity contribution in [1.29, 1.82) is 0 Å². The molecular weight excluding hydrogens is 252 g/mol. The zero-order chi connectivity index (χ0) is 15.1. The number of unbranched alkanes of at least 4 members (excludes halogenated alkanes) is 5. The molecule has 2 N–H and O–H groups in total. The highest BCUT2D eigenvalue weighted by atomic mass is 16.2. The van der Waals surface area contributed by atoms with Crippen molar-refractivity contribution in [3.63, 3.8) is 0 Å². The van der Waals surface area contributed by atoms with Gasteiger partial charge in [0, 0.05) is 13.0 Å². The number of nitrogens with zero attached hydrogens (tertiary/aromatic N) is 1. The number of carbonyl (C=O) groups is 1. The van der Waals surface area contributed by atoms with Gasteiger partial charge in [0.2, 0.25) is 5.91 Å². The molecule has 1 amide bonds. The van der Waals surface area contributed by atoms with Gasteiger partial charge < -0.3 is 10.4 Å². The van der Waals surface area contributed by atoms with Crippen LogP contribution < -0.4 is 5.32 Å². The van der Waals surface area contributed by atoms with Crippen molar-refractivity contribution in [2.45, 2.75) is 58.8 Å². The summed E-state index contributed by atoms with van der Waals surface area (Å²) in [5.74, 6) is 0.0885. The molecule has 0 spiro atoms. The lowest BCUT2D eigenvalue weighted by Crippen LogP contribution is -2.37. The Labute approximate surface area is 124 Å². The lowest BCUT2D eigenvalue weighted by atomic mass is 10.1. The molecule has 0 heterocycles. The van der Waals surface area contributed by atoms with Crippen LogP contribution >= 0.6 is 0 Å². The Morgan fingerprint density at radius 1 is 1.15 bits per heavy atom. The molecule has 0 atom stereocenters. The first kappa shape index (κ1) is 19.1. The highest BCUT2D eigenvalue weighted by Crippen LogP contribution is 2.05. The molecule has 0 saturated carbocycles. The Hall–Kier alpha value is -0.870. The van der Waals surface area contributed by atoms with Crippen molar-refractivity contribution in [1.82, 2.24) is 10.2 Å². The van der Waals surface area contributed by atoms with Crippen molar-refractivity contribution in [2.24, 2.45) is 0 Å². The largest absolute Gasteiger partial charge is 0.396 e. The molecule has 0 saturated heterocycles. The molecule has 0 unspecified atom stereocenters. The molecule has 0 aliphatic carbocycles. The molecule has 0 aromatic carbocycles. The highest BCUT2D eigenvalue weighted by Gasteiger charge is 2.04. The van der Waals surface area contributed by atoms with E-state index >= 15 is 0 Å². The van der Waals surface area contributed by atoms with Gasteiger partial charge in [0.15, 0.2) is 0 Å². The van der Waals surface area contributed by atoms with E-state index in [0.717, 1.165) is 25.9 Å². The van der Waals surface area contributed by atoms with E-state index in [1.54, 1.807) is 0 Å². The van der Waals surface area contributed by atoms with Crippen LogP contribution in [-0.4, -0.2) is 42.3 Å². The predicted molar refractivity (Wildman–Crippen MR) is 84.5 cm³/mol. The Morgan fingerprint density at radius 3 is 2.40 bits per heavy atom. The van der Waals surface area contributed by atoms with Crippen LogP contribution in [0.25, 0.3) is 0 Å². The molecule has 0 fully saturated rings. The second-order valence-corrected chi connectivity index (χ2v) is 5.09. The molecule has 4 heteroatoms. The van der Waals surface area contributed by atoms with E-state index in [9.17, 15) is 4.79 Å². The summed E-state index contributed by atoms with van der Waals surface area (Å²) < 4.78 is 0. The molecule has 0 bridgehead atoms. The van der Waals surface area contributed by atoms with E-state index in [2.05, 4.69) is 17.1 Å². The first-order valence-electron chi connectivity index (χ1n) is 7.95. The SMILES string of the molecule is C/C=C/CC(=O)NCN(CC)CCCCCCCCO. The molecule has 0 aliphatic heterocycles. The first-order chi connectivity index (χ1) is 9.74. The number of allylic oxidation sites excluding steroid dienone is 1. The average molecular weight is 284 g/mol. The smallest absolute Gasteiger partial charge is 0.224 e. The van der Waals surface area contributed by atoms with Gasteiger partial charge in [-0.3, -0.25) is 9.69 Å². The van der Waals surface area contributed by atoms with Crippen LogP contribution in [0.5, 0.6) is 0 Å². The van der Waals surface area contributed by atoms with Crippen LogP contribution in [0.1, 0.15) is 58.8 Å². The van der Waals surface area contributed by atoms with Gasteiger partial charge in [0.1, 0.15) is 0 Å². The third-order valence-electron chi connectivity index (χ3n) is 3.37. The summed E-state index contributed by atoms with van der Waals surface area (Å²) in [5.41, 5.74) is 0. The number of rotatable bonds is 13. The fourth-order valence-electron chi connectivity index (χ4n) is 2.00. The van der Waals surface area contributed by atoms with Crippen LogP contribution in [0, 0.1) is 0 Å². The van der Waals surface area contributed by atoms with Crippen molar-refractivity contribution in [3.05, 3.63) is 12.2 Å². The standard InChI is InChI=1S/C16H32N2O2/c1-3-5-12-16(20)17-15-18(4-2)13-10-8-6-7-9-11-14-19/h3,5,19H,4,6-15H2,1-2H3,(H,17,20)/b5-3+. The van der Waals surface area contributed by atoms with E-state index in [1.165, 1.54) is 25.7 Å². The molecule has 0 aliphatic rings. The Kier molecular flexibility index (Phi) is 13.9. The summed E-state index contributed by atoms with van der Waals surface area (Å²) >= 11 is 0. The molecule has 0 radical (unpaired) electrons. The lowest BCUT2D eigenvalue weighted by Gasteiger charge is -2.20. The fourth-order valence-corrected chi connectivity index (χ4v) is 2.00. The Balaban J connectivity index is 3.53. The molecule has 0 rings (SSSR count). The molecule has 0 aromatic rings. The molecular formula is C16H32N2O2. The van der Waals surface area contributed by atoms with E-state index < -0.39 is 0 Å². The second-order valence-electron chi connectivity index (χ2n) is 5.09. The van der Waals surface area contributed by atoms with Crippen LogP contribution in [0.3, 0.4) is 0 Å². The molecule has 20 heavy (non-hydrogen) atoms. The van der Waals surface area contributed by atoms with Crippen LogP contribution in [0.15, 0.2) is 12.2 Å². The first-order valence-corrected chi connectivity index (χ1v) is 7.95. The monoisotopic (exact) mass is 284 g/mol. The maximum absolute atomic E-state index is 11.5. The summed E-state index contributed by atoms with van der Waals surface area (Å²) in [6.45, 7) is 7.02. The topological polar surface area (TPSA) is 52.6 Å². The van der Waals surface area contributed by atoms with Gasteiger partial charge in [-0.2, -0.15) is 0 Å². The number of hydrogen-bond acceptors (Lipinski definition) is 3. The summed E-state index contributed by atoms with van der Waals surface area (Å²) in [6, 6.07) is 0. The number of aliphatic hydroxyl groups excluding tert-OH is 1. The maximum atomic E-state index is 11.5. The van der Waals surface area contributed by atoms with Gasteiger partial charge in [0.05, 0.1) is 6.67 Å². The van der Waals surface area contributed by atoms with Gasteiger partial charge in [-0.05, 0) is 32.9 Å². The molecule has 4 nitrogen and oxygen atoms in total. The van der Waals surface area contributed by atoms with Crippen LogP contribution in [-0.2, 0) is 4.79 Å².